The highest BCUT2D eigenvalue weighted by molar-refractivity contribution is 5.97. The molecule has 0 aromatic heterocycles. The van der Waals surface area contributed by atoms with Gasteiger partial charge in [-0.15, -0.1) is 0 Å². The highest BCUT2D eigenvalue weighted by Gasteiger charge is 2.21. The van der Waals surface area contributed by atoms with Gasteiger partial charge in [0.2, 0.25) is 5.91 Å². The fourth-order valence-corrected chi connectivity index (χ4v) is 1.95. The summed E-state index contributed by atoms with van der Waals surface area (Å²) >= 11 is 0. The van der Waals surface area contributed by atoms with E-state index in [0.717, 1.165) is 12.8 Å². The zero-order chi connectivity index (χ0) is 16.5. The minimum Gasteiger partial charge on any atom is -0.467 e. The lowest BCUT2D eigenvalue weighted by molar-refractivity contribution is -0.143. The Morgan fingerprint density at radius 2 is 1.82 bits per heavy atom. The molecule has 2 N–H and O–H groups in total. The van der Waals surface area contributed by atoms with Crippen molar-refractivity contribution in [1.82, 2.24) is 5.32 Å². The summed E-state index contributed by atoms with van der Waals surface area (Å²) in [6, 6.07) is 5.81. The Labute approximate surface area is 130 Å². The van der Waals surface area contributed by atoms with Gasteiger partial charge in [0.15, 0.2) is 0 Å². The van der Waals surface area contributed by atoms with Crippen LogP contribution >= 0.6 is 0 Å². The normalized spacial score (nSPS) is 11.4. The monoisotopic (exact) mass is 306 g/mol. The maximum Gasteiger partial charge on any atom is 0.328 e. The van der Waals surface area contributed by atoms with Crippen LogP contribution in [0.2, 0.25) is 0 Å². The predicted octanol–water partition coefficient (Wildman–Crippen LogP) is 2.11. The summed E-state index contributed by atoms with van der Waals surface area (Å²) in [6.45, 7) is 3.42. The van der Waals surface area contributed by atoms with Crippen LogP contribution in [0.1, 0.15) is 43.5 Å². The van der Waals surface area contributed by atoms with Gasteiger partial charge in [0.05, 0.1) is 7.11 Å². The lowest BCUT2D eigenvalue weighted by Gasteiger charge is -2.16. The SMILES string of the molecule is CCCC[C@H](NC(=O)c1ccc(NC(C)=O)cc1)C(=O)OC. The molecular weight excluding hydrogens is 284 g/mol. The summed E-state index contributed by atoms with van der Waals surface area (Å²) < 4.78 is 4.71. The number of methoxy groups -OCH3 is 1. The molecule has 1 aromatic carbocycles. The van der Waals surface area contributed by atoms with Gasteiger partial charge >= 0.3 is 5.97 Å². The lowest BCUT2D eigenvalue weighted by atomic mass is 10.1. The van der Waals surface area contributed by atoms with Crippen LogP contribution in [0.25, 0.3) is 0 Å². The molecule has 0 bridgehead atoms. The Morgan fingerprint density at radius 3 is 2.32 bits per heavy atom. The van der Waals surface area contributed by atoms with E-state index in [2.05, 4.69) is 10.6 Å². The van der Waals surface area contributed by atoms with Crippen molar-refractivity contribution in [1.29, 1.82) is 0 Å². The van der Waals surface area contributed by atoms with Crippen LogP contribution < -0.4 is 10.6 Å². The Kier molecular flexibility index (Phi) is 7.08. The van der Waals surface area contributed by atoms with Crippen molar-refractivity contribution in [2.75, 3.05) is 12.4 Å². The lowest BCUT2D eigenvalue weighted by Crippen LogP contribution is -2.41. The number of nitrogens with one attached hydrogen (secondary N) is 2. The smallest absolute Gasteiger partial charge is 0.328 e. The third-order valence-electron chi connectivity index (χ3n) is 3.10. The molecule has 0 spiro atoms. The first-order chi connectivity index (χ1) is 10.5. The number of anilines is 1. The third-order valence-corrected chi connectivity index (χ3v) is 3.10. The number of ether oxygens (including phenoxy) is 1. The number of unbranched alkanes of at least 4 members (excludes halogenated alkanes) is 1. The minimum absolute atomic E-state index is 0.178. The van der Waals surface area contributed by atoms with Crippen LogP contribution in [0.15, 0.2) is 24.3 Å². The van der Waals surface area contributed by atoms with Crippen molar-refractivity contribution < 1.29 is 19.1 Å². The molecule has 0 saturated heterocycles. The van der Waals surface area contributed by atoms with E-state index in [1.807, 2.05) is 6.92 Å². The van der Waals surface area contributed by atoms with Gasteiger partial charge in [0.1, 0.15) is 6.04 Å². The van der Waals surface area contributed by atoms with E-state index in [4.69, 9.17) is 4.74 Å². The first-order valence-corrected chi connectivity index (χ1v) is 7.24. The molecule has 6 heteroatoms. The van der Waals surface area contributed by atoms with E-state index in [-0.39, 0.29) is 11.8 Å². The zero-order valence-corrected chi connectivity index (χ0v) is 13.1. The number of hydrogen-bond acceptors (Lipinski definition) is 4. The highest BCUT2D eigenvalue weighted by atomic mass is 16.5. The molecule has 22 heavy (non-hydrogen) atoms. The van der Waals surface area contributed by atoms with Gasteiger partial charge in [-0.1, -0.05) is 19.8 Å². The molecule has 0 aliphatic rings. The van der Waals surface area contributed by atoms with E-state index in [1.54, 1.807) is 24.3 Å². The highest BCUT2D eigenvalue weighted by Crippen LogP contribution is 2.10. The zero-order valence-electron chi connectivity index (χ0n) is 13.1. The van der Waals surface area contributed by atoms with Gasteiger partial charge in [-0.3, -0.25) is 9.59 Å². The summed E-state index contributed by atoms with van der Waals surface area (Å²) in [6.07, 6.45) is 2.29. The van der Waals surface area contributed by atoms with Gasteiger partial charge in [0, 0.05) is 18.2 Å². The van der Waals surface area contributed by atoms with E-state index >= 15 is 0 Å². The third kappa shape index (κ3) is 5.55. The van der Waals surface area contributed by atoms with Crippen LogP contribution in [0.4, 0.5) is 5.69 Å². The Balaban J connectivity index is 2.72. The van der Waals surface area contributed by atoms with Crippen LogP contribution in [-0.4, -0.2) is 30.9 Å². The summed E-state index contributed by atoms with van der Waals surface area (Å²) in [5.74, 6) is -0.972. The summed E-state index contributed by atoms with van der Waals surface area (Å²) in [7, 11) is 1.30. The molecule has 1 aromatic rings. The minimum atomic E-state index is -0.646. The van der Waals surface area contributed by atoms with E-state index in [0.29, 0.717) is 17.7 Å². The van der Waals surface area contributed by atoms with Crippen LogP contribution in [0.5, 0.6) is 0 Å². The van der Waals surface area contributed by atoms with Gasteiger partial charge in [-0.2, -0.15) is 0 Å². The van der Waals surface area contributed by atoms with E-state index in [9.17, 15) is 14.4 Å². The molecular formula is C16H22N2O4. The van der Waals surface area contributed by atoms with Crippen molar-refractivity contribution in [2.45, 2.75) is 39.2 Å². The predicted molar refractivity (Wildman–Crippen MR) is 83.5 cm³/mol. The van der Waals surface area contributed by atoms with Crippen molar-refractivity contribution in [3.8, 4) is 0 Å². The Bertz CT molecular complexity index is 525. The fraction of sp³-hybridized carbons (Fsp3) is 0.438. The summed E-state index contributed by atoms with van der Waals surface area (Å²) in [4.78, 5) is 34.8. The molecule has 0 aliphatic carbocycles. The maximum atomic E-state index is 12.2. The number of amides is 2. The largest absolute Gasteiger partial charge is 0.467 e. The molecule has 0 aliphatic heterocycles. The van der Waals surface area contributed by atoms with E-state index in [1.165, 1.54) is 14.0 Å². The summed E-state index contributed by atoms with van der Waals surface area (Å²) in [5.41, 5.74) is 1.03. The van der Waals surface area contributed by atoms with Gasteiger partial charge < -0.3 is 15.4 Å². The van der Waals surface area contributed by atoms with Gasteiger partial charge in [-0.05, 0) is 30.7 Å². The van der Waals surface area contributed by atoms with E-state index < -0.39 is 12.0 Å². The van der Waals surface area contributed by atoms with Gasteiger partial charge in [0.25, 0.3) is 5.91 Å². The maximum absolute atomic E-state index is 12.2. The topological polar surface area (TPSA) is 84.5 Å². The van der Waals surface area contributed by atoms with Crippen molar-refractivity contribution in [3.63, 3.8) is 0 Å². The molecule has 1 rings (SSSR count). The number of esters is 1. The second-order valence-electron chi connectivity index (χ2n) is 4.95. The molecule has 6 nitrogen and oxygen atoms in total. The van der Waals surface area contributed by atoms with Crippen LogP contribution in [0.3, 0.4) is 0 Å². The van der Waals surface area contributed by atoms with Gasteiger partial charge in [-0.25, -0.2) is 4.79 Å². The molecule has 0 saturated carbocycles. The number of rotatable bonds is 7. The van der Waals surface area contributed by atoms with Crippen molar-refractivity contribution in [3.05, 3.63) is 29.8 Å². The number of hydrogen-bond donors (Lipinski definition) is 2. The molecule has 1 atom stereocenters. The summed E-state index contributed by atoms with van der Waals surface area (Å²) in [5, 5.41) is 5.30. The number of carbonyl (C=O) groups is 3. The van der Waals surface area contributed by atoms with Crippen LogP contribution in [0, 0.1) is 0 Å². The van der Waals surface area contributed by atoms with Crippen molar-refractivity contribution in [2.24, 2.45) is 0 Å². The molecule has 0 unspecified atom stereocenters. The molecule has 120 valence electrons. The average molecular weight is 306 g/mol. The standard InChI is InChI=1S/C16H22N2O4/c1-4-5-6-14(16(21)22-3)18-15(20)12-7-9-13(10-8-12)17-11(2)19/h7-10,14H,4-6H2,1-3H3,(H,17,19)(H,18,20)/t14-/m0/s1. The second-order valence-corrected chi connectivity index (χ2v) is 4.95. The number of carbonyl (C=O) groups excluding carboxylic acids is 3. The Hall–Kier alpha value is -2.37. The Morgan fingerprint density at radius 1 is 1.18 bits per heavy atom. The first-order valence-electron chi connectivity index (χ1n) is 7.24. The quantitative estimate of drug-likeness (QED) is 0.756. The fourth-order valence-electron chi connectivity index (χ4n) is 1.95. The first kappa shape index (κ1) is 17.7. The second kappa shape index (κ2) is 8.81. The molecule has 0 fully saturated rings. The molecule has 0 heterocycles. The molecule has 2 amide bonds. The average Bonchev–Trinajstić information content (AvgIpc) is 2.50. The van der Waals surface area contributed by atoms with Crippen LogP contribution in [-0.2, 0) is 14.3 Å². The number of benzene rings is 1. The molecule has 0 radical (unpaired) electrons. The van der Waals surface area contributed by atoms with Crippen molar-refractivity contribution >= 4 is 23.5 Å².